The summed E-state index contributed by atoms with van der Waals surface area (Å²) in [5, 5.41) is 6.89. The topological polar surface area (TPSA) is 105 Å². The molecule has 0 bridgehead atoms. The molecule has 1 N–H and O–H groups in total. The number of aromatic nitrogens is 2. The largest absolute Gasteiger partial charge is 0.483 e. The van der Waals surface area contributed by atoms with Crippen LogP contribution in [0.4, 0.5) is 5.69 Å². The van der Waals surface area contributed by atoms with Crippen molar-refractivity contribution in [2.24, 2.45) is 0 Å². The van der Waals surface area contributed by atoms with Crippen LogP contribution in [-0.2, 0) is 26.0 Å². The Kier molecular flexibility index (Phi) is 8.04. The number of carbonyl (C=O) groups is 1. The molecule has 0 unspecified atom stereocenters. The first-order valence-electron chi connectivity index (χ1n) is 11.9. The van der Waals surface area contributed by atoms with E-state index in [1.807, 2.05) is 18.2 Å². The second-order valence-electron chi connectivity index (χ2n) is 8.82. The van der Waals surface area contributed by atoms with Gasteiger partial charge in [-0.2, -0.15) is 0 Å². The van der Waals surface area contributed by atoms with Crippen LogP contribution in [0.5, 0.6) is 0 Å². The first kappa shape index (κ1) is 25.2. The van der Waals surface area contributed by atoms with Gasteiger partial charge in [0.2, 0.25) is 0 Å². The van der Waals surface area contributed by atoms with Crippen molar-refractivity contribution in [1.29, 1.82) is 0 Å². The number of nitrogens with zero attached hydrogens (tertiary/aromatic N) is 4. The Morgan fingerprint density at radius 1 is 1.17 bits per heavy atom. The first-order chi connectivity index (χ1) is 17.0. The third-order valence-electron chi connectivity index (χ3n) is 6.72. The summed E-state index contributed by atoms with van der Waals surface area (Å²) >= 11 is 0. The van der Waals surface area contributed by atoms with Crippen LogP contribution >= 0.6 is 0 Å². The van der Waals surface area contributed by atoms with Crippen LogP contribution in [-0.4, -0.2) is 79.8 Å². The fourth-order valence-electron chi connectivity index (χ4n) is 4.87. The van der Waals surface area contributed by atoms with Gasteiger partial charge in [-0.05, 0) is 74.7 Å². The minimum Gasteiger partial charge on any atom is -0.483 e. The lowest BCUT2D eigenvalue weighted by atomic mass is 10.2. The maximum atomic E-state index is 13.7. The number of methoxy groups -OCH3 is 1. The average molecular weight is 501 g/mol. The zero-order valence-electron chi connectivity index (χ0n) is 19.9. The highest BCUT2D eigenvalue weighted by atomic mass is 32.2. The van der Waals surface area contributed by atoms with E-state index >= 15 is 0 Å². The number of hydrogen-bond acceptors (Lipinski definition) is 7. The van der Waals surface area contributed by atoms with Crippen molar-refractivity contribution < 1.29 is 23.1 Å². The van der Waals surface area contributed by atoms with Gasteiger partial charge in [-0.1, -0.05) is 6.07 Å². The highest BCUT2D eigenvalue weighted by Crippen LogP contribution is 2.29. The normalized spacial score (nSPS) is 18.5. The summed E-state index contributed by atoms with van der Waals surface area (Å²) in [6, 6.07) is 10.9. The number of fused-ring (bicyclic) bond motifs is 1. The molecule has 5 rings (SSSR count). The van der Waals surface area contributed by atoms with E-state index in [9.17, 15) is 8.42 Å². The van der Waals surface area contributed by atoms with Gasteiger partial charge in [0.25, 0.3) is 16.5 Å². The first-order valence-corrected chi connectivity index (χ1v) is 13.3. The molecular formula is C25H32N4O5S. The van der Waals surface area contributed by atoms with E-state index in [1.165, 1.54) is 16.8 Å². The fraction of sp³-hybridized carbons (Fsp3) is 0.440. The number of ether oxygens (including phenoxy) is 1. The van der Waals surface area contributed by atoms with E-state index in [1.54, 1.807) is 37.7 Å². The Morgan fingerprint density at radius 3 is 2.66 bits per heavy atom. The summed E-state index contributed by atoms with van der Waals surface area (Å²) in [6.45, 7) is 4.56. The van der Waals surface area contributed by atoms with Gasteiger partial charge in [0.15, 0.2) is 0 Å². The van der Waals surface area contributed by atoms with E-state index in [-0.39, 0.29) is 12.6 Å². The van der Waals surface area contributed by atoms with Gasteiger partial charge in [0.1, 0.15) is 0 Å². The maximum absolute atomic E-state index is 13.7. The minimum atomic E-state index is -3.75. The Balaban J connectivity index is 0.000000917. The van der Waals surface area contributed by atoms with Crippen molar-refractivity contribution >= 4 is 33.2 Å². The molecule has 2 aromatic heterocycles. The number of benzene rings is 1. The quantitative estimate of drug-likeness (QED) is 0.494. The van der Waals surface area contributed by atoms with Crippen molar-refractivity contribution in [3.8, 4) is 0 Å². The summed E-state index contributed by atoms with van der Waals surface area (Å²) in [7, 11) is -2.02. The van der Waals surface area contributed by atoms with Gasteiger partial charge in [0, 0.05) is 44.8 Å². The molecule has 188 valence electrons. The Hall–Kier alpha value is -2.95. The summed E-state index contributed by atoms with van der Waals surface area (Å²) in [6.07, 6.45) is 7.92. The summed E-state index contributed by atoms with van der Waals surface area (Å²) in [4.78, 5) is 17.8. The molecule has 9 nitrogen and oxygen atoms in total. The Labute approximate surface area is 206 Å². The van der Waals surface area contributed by atoms with Crippen LogP contribution < -0.4 is 4.90 Å². The number of rotatable bonds is 7. The minimum absolute atomic E-state index is 0.188. The molecule has 10 heteroatoms. The summed E-state index contributed by atoms with van der Waals surface area (Å²) < 4.78 is 34.3. The highest BCUT2D eigenvalue weighted by Gasteiger charge is 2.26. The van der Waals surface area contributed by atoms with Crippen LogP contribution in [0, 0.1) is 0 Å². The second-order valence-corrected chi connectivity index (χ2v) is 10.6. The van der Waals surface area contributed by atoms with Gasteiger partial charge in [-0.25, -0.2) is 12.4 Å². The van der Waals surface area contributed by atoms with Gasteiger partial charge in [0.05, 0.1) is 22.0 Å². The average Bonchev–Trinajstić information content (AvgIpc) is 3.63. The van der Waals surface area contributed by atoms with E-state index in [0.717, 1.165) is 62.3 Å². The van der Waals surface area contributed by atoms with Gasteiger partial charge >= 0.3 is 0 Å². The zero-order valence-corrected chi connectivity index (χ0v) is 20.7. The lowest BCUT2D eigenvalue weighted by molar-refractivity contribution is -0.122. The van der Waals surface area contributed by atoms with Crippen LogP contribution in [0.1, 0.15) is 24.8 Å². The molecule has 2 saturated heterocycles. The number of anilines is 1. The monoisotopic (exact) mass is 500 g/mol. The lowest BCUT2D eigenvalue weighted by Gasteiger charge is -2.19. The highest BCUT2D eigenvalue weighted by molar-refractivity contribution is 7.90. The van der Waals surface area contributed by atoms with Crippen LogP contribution in [0.15, 0.2) is 53.7 Å². The molecule has 1 aromatic carbocycles. The van der Waals surface area contributed by atoms with E-state index in [4.69, 9.17) is 14.6 Å². The zero-order chi connectivity index (χ0) is 24.8. The molecular weight excluding hydrogens is 468 g/mol. The Bertz CT molecular complexity index is 1250. The molecule has 0 amide bonds. The van der Waals surface area contributed by atoms with Crippen molar-refractivity contribution in [1.82, 2.24) is 13.9 Å². The van der Waals surface area contributed by atoms with Gasteiger partial charge in [-0.15, -0.1) is 0 Å². The van der Waals surface area contributed by atoms with E-state index in [2.05, 4.69) is 14.8 Å². The Morgan fingerprint density at radius 2 is 1.94 bits per heavy atom. The molecule has 2 aliphatic rings. The second kappa shape index (κ2) is 11.2. The third-order valence-corrected chi connectivity index (χ3v) is 8.38. The van der Waals surface area contributed by atoms with Crippen molar-refractivity contribution in [3.63, 3.8) is 0 Å². The van der Waals surface area contributed by atoms with Gasteiger partial charge in [-0.3, -0.25) is 9.78 Å². The molecule has 2 fully saturated rings. The number of hydrogen-bond donors (Lipinski definition) is 1. The molecule has 4 heterocycles. The molecule has 0 aliphatic carbocycles. The lowest BCUT2D eigenvalue weighted by Crippen LogP contribution is -2.22. The van der Waals surface area contributed by atoms with Gasteiger partial charge < -0.3 is 19.6 Å². The smallest absolute Gasteiger partial charge is 0.290 e. The van der Waals surface area contributed by atoms with Crippen LogP contribution in [0.3, 0.4) is 0 Å². The van der Waals surface area contributed by atoms with Crippen molar-refractivity contribution in [2.75, 3.05) is 44.7 Å². The van der Waals surface area contributed by atoms with Crippen LogP contribution in [0.2, 0.25) is 0 Å². The summed E-state index contributed by atoms with van der Waals surface area (Å²) in [5.41, 5.74) is 3.30. The predicted molar refractivity (Wildman–Crippen MR) is 134 cm³/mol. The molecule has 2 aliphatic heterocycles. The third kappa shape index (κ3) is 5.50. The fourth-order valence-corrected chi connectivity index (χ4v) is 6.29. The summed E-state index contributed by atoms with van der Waals surface area (Å²) in [5.74, 6) is 0. The maximum Gasteiger partial charge on any atom is 0.290 e. The standard InChI is InChI=1S/C24H30N4O3S.CH2O2/c1-31-21-10-15-27(18-21)20-6-4-7-22(16-20)32(29,30)28-17-19(9-14-26-12-2-3-13-26)24-23(28)8-5-11-25-24;2-1-3/h4-8,11,16-17,21H,2-3,9-10,12-15,18H2,1H3;1H,(H,2,3)/t21-;/m0./s1. The number of pyridine rings is 1. The van der Waals surface area contributed by atoms with Crippen LogP contribution in [0.25, 0.3) is 11.0 Å². The van der Waals surface area contributed by atoms with E-state index in [0.29, 0.717) is 10.4 Å². The molecule has 3 aromatic rings. The molecule has 0 radical (unpaired) electrons. The molecule has 0 saturated carbocycles. The van der Waals surface area contributed by atoms with E-state index < -0.39 is 10.0 Å². The van der Waals surface area contributed by atoms with Crippen molar-refractivity contribution in [3.05, 3.63) is 54.4 Å². The number of likely N-dealkylation sites (tertiary alicyclic amines) is 1. The molecule has 0 spiro atoms. The SMILES string of the molecule is CO[C@H]1CCN(c2cccc(S(=O)(=O)n3cc(CCN4CCCC4)c4ncccc43)c2)C1.O=CO. The molecule has 35 heavy (non-hydrogen) atoms. The molecule has 1 atom stereocenters. The predicted octanol–water partition coefficient (Wildman–Crippen LogP) is 2.84. The van der Waals surface area contributed by atoms with Crippen molar-refractivity contribution in [2.45, 2.75) is 36.7 Å². The number of carboxylic acid groups (broad SMARTS) is 1.